The van der Waals surface area contributed by atoms with Crippen molar-refractivity contribution in [3.05, 3.63) is 44.9 Å². The van der Waals surface area contributed by atoms with Crippen molar-refractivity contribution in [1.29, 1.82) is 5.26 Å². The van der Waals surface area contributed by atoms with Gasteiger partial charge in [0.25, 0.3) is 5.91 Å². The zero-order valence-electron chi connectivity index (χ0n) is 13.9. The highest BCUT2D eigenvalue weighted by Crippen LogP contribution is 2.41. The summed E-state index contributed by atoms with van der Waals surface area (Å²) in [6.07, 6.45) is -15.6. The number of amides is 1. The number of thiazole rings is 1. The Kier molecular flexibility index (Phi) is 6.29. The Hall–Kier alpha value is -2.53. The lowest BCUT2D eigenvalue weighted by atomic mass is 10.0. The number of aromatic nitrogens is 1. The number of alkyl halides is 9. The molecule has 162 valence electrons. The molecule has 0 aliphatic rings. The minimum absolute atomic E-state index is 0.0756. The average molecular weight is 482 g/mol. The largest absolute Gasteiger partial charge is 0.435 e. The number of nitriles is 1. The fourth-order valence-corrected chi connectivity index (χ4v) is 3.28. The van der Waals surface area contributed by atoms with Gasteiger partial charge in [-0.05, 0) is 18.2 Å². The predicted molar refractivity (Wildman–Crippen MR) is 85.9 cm³/mol. The van der Waals surface area contributed by atoms with Crippen molar-refractivity contribution in [1.82, 2.24) is 4.98 Å². The quantitative estimate of drug-likeness (QED) is 0.398. The van der Waals surface area contributed by atoms with E-state index in [2.05, 4.69) is 4.98 Å². The Morgan fingerprint density at radius 2 is 1.50 bits per heavy atom. The fourth-order valence-electron chi connectivity index (χ4n) is 2.11. The Balaban J connectivity index is 2.62. The lowest BCUT2D eigenvalue weighted by Crippen LogP contribution is -2.32. The first-order valence-electron chi connectivity index (χ1n) is 7.27. The Morgan fingerprint density at radius 1 is 1.00 bits per heavy atom. The average Bonchev–Trinajstić information content (AvgIpc) is 2.99. The molecule has 2 rings (SSSR count). The summed E-state index contributed by atoms with van der Waals surface area (Å²) in [7, 11) is 0. The second-order valence-corrected chi connectivity index (χ2v) is 7.04. The van der Waals surface area contributed by atoms with Gasteiger partial charge in [-0.15, -0.1) is 0 Å². The molecule has 1 heterocycles. The van der Waals surface area contributed by atoms with Crippen LogP contribution in [0.1, 0.15) is 27.2 Å². The predicted octanol–water partition coefficient (Wildman–Crippen LogP) is 6.02. The number of benzene rings is 1. The third-order valence-electron chi connectivity index (χ3n) is 3.38. The summed E-state index contributed by atoms with van der Waals surface area (Å²) in [5, 5.41) is 7.99. The number of halogens is 10. The van der Waals surface area contributed by atoms with Crippen LogP contribution in [0.4, 0.5) is 44.6 Å². The molecule has 0 spiro atoms. The van der Waals surface area contributed by atoms with Crippen LogP contribution < -0.4 is 4.90 Å². The summed E-state index contributed by atoms with van der Waals surface area (Å²) in [6.45, 7) is -1.02. The summed E-state index contributed by atoms with van der Waals surface area (Å²) in [6, 6.07) is 1.32. The molecular formula is C15H5ClF9N3OS. The van der Waals surface area contributed by atoms with Gasteiger partial charge < -0.3 is 0 Å². The normalized spacial score (nSPS) is 12.6. The smallest absolute Gasteiger partial charge is 0.270 e. The van der Waals surface area contributed by atoms with Crippen molar-refractivity contribution in [3.63, 3.8) is 0 Å². The van der Waals surface area contributed by atoms with Crippen molar-refractivity contribution in [2.75, 3.05) is 11.4 Å². The molecule has 1 aromatic heterocycles. The number of anilines is 1. The van der Waals surface area contributed by atoms with Crippen LogP contribution in [0.25, 0.3) is 0 Å². The number of nitrogens with zero attached hydrogens (tertiary/aromatic N) is 3. The monoisotopic (exact) mass is 481 g/mol. The molecule has 0 bridgehead atoms. The molecule has 30 heavy (non-hydrogen) atoms. The molecule has 1 amide bonds. The molecule has 1 aromatic carbocycles. The van der Waals surface area contributed by atoms with Gasteiger partial charge in [-0.25, -0.2) is 4.98 Å². The maximum absolute atomic E-state index is 13.0. The minimum Gasteiger partial charge on any atom is -0.270 e. The van der Waals surface area contributed by atoms with Gasteiger partial charge >= 0.3 is 18.5 Å². The number of rotatable bonds is 3. The molecule has 0 aliphatic heterocycles. The van der Waals surface area contributed by atoms with E-state index in [1.165, 1.54) is 6.07 Å². The third-order valence-corrected chi connectivity index (χ3v) is 4.66. The van der Waals surface area contributed by atoms with Gasteiger partial charge in [0.1, 0.15) is 10.9 Å². The molecule has 4 nitrogen and oxygen atoms in total. The molecule has 0 aliphatic carbocycles. The highest BCUT2D eigenvalue weighted by molar-refractivity contribution is 7.19. The molecular weight excluding hydrogens is 477 g/mol. The van der Waals surface area contributed by atoms with E-state index >= 15 is 0 Å². The molecule has 0 N–H and O–H groups in total. The SMILES string of the molecule is N#CCN(C(=O)c1cc(C(F)(F)F)cc(C(F)(F)F)c1)c1nc(C(F)(F)F)c(Cl)s1. The van der Waals surface area contributed by atoms with Gasteiger partial charge in [-0.2, -0.15) is 44.8 Å². The first kappa shape index (κ1) is 23.7. The molecule has 0 atom stereocenters. The van der Waals surface area contributed by atoms with E-state index in [1.807, 2.05) is 0 Å². The molecule has 2 aromatic rings. The zero-order valence-corrected chi connectivity index (χ0v) is 15.4. The summed E-state index contributed by atoms with van der Waals surface area (Å²) in [5.74, 6) is -1.60. The van der Waals surface area contributed by atoms with E-state index in [0.717, 1.165) is 0 Å². The number of hydrogen-bond acceptors (Lipinski definition) is 4. The van der Waals surface area contributed by atoms with Crippen LogP contribution in [-0.4, -0.2) is 17.4 Å². The lowest BCUT2D eigenvalue weighted by Gasteiger charge is -2.19. The highest BCUT2D eigenvalue weighted by Gasteiger charge is 2.40. The van der Waals surface area contributed by atoms with Crippen molar-refractivity contribution in [3.8, 4) is 6.07 Å². The fraction of sp³-hybridized carbons (Fsp3) is 0.267. The van der Waals surface area contributed by atoms with Gasteiger partial charge in [0.2, 0.25) is 0 Å². The minimum atomic E-state index is -5.26. The van der Waals surface area contributed by atoms with E-state index in [4.69, 9.17) is 16.9 Å². The van der Waals surface area contributed by atoms with Gasteiger partial charge in [0, 0.05) is 5.56 Å². The summed E-state index contributed by atoms with van der Waals surface area (Å²) >= 11 is 5.49. The summed E-state index contributed by atoms with van der Waals surface area (Å²) < 4.78 is 115. The molecule has 0 saturated heterocycles. The van der Waals surface area contributed by atoms with Crippen LogP contribution in [-0.2, 0) is 18.5 Å². The van der Waals surface area contributed by atoms with E-state index in [1.54, 1.807) is 0 Å². The number of hydrogen-bond donors (Lipinski definition) is 0. The molecule has 0 saturated carbocycles. The van der Waals surface area contributed by atoms with Gasteiger partial charge in [0.05, 0.1) is 17.2 Å². The standard InChI is InChI=1S/C15H5ClF9N3OS/c16-10-9(15(23,24)25)27-12(30-10)28(2-1-26)11(29)6-3-7(13(17,18)19)5-8(4-6)14(20,21)22/h3-5H,2H2. The number of carbonyl (C=O) groups excluding carboxylic acids is 1. The molecule has 0 unspecified atom stereocenters. The second kappa shape index (κ2) is 7.95. The molecule has 15 heteroatoms. The van der Waals surface area contributed by atoms with E-state index < -0.39 is 62.8 Å². The Bertz CT molecular complexity index is 972. The lowest BCUT2D eigenvalue weighted by molar-refractivity contribution is -0.143. The van der Waals surface area contributed by atoms with Crippen LogP contribution in [0.5, 0.6) is 0 Å². The topological polar surface area (TPSA) is 57.0 Å². The van der Waals surface area contributed by atoms with Crippen LogP contribution in [0.2, 0.25) is 4.34 Å². The zero-order chi connectivity index (χ0) is 23.1. The van der Waals surface area contributed by atoms with Crippen LogP contribution in [0.3, 0.4) is 0 Å². The highest BCUT2D eigenvalue weighted by atomic mass is 35.5. The first-order chi connectivity index (χ1) is 13.6. The van der Waals surface area contributed by atoms with E-state index in [9.17, 15) is 44.3 Å². The van der Waals surface area contributed by atoms with Crippen molar-refractivity contribution < 1.29 is 44.3 Å². The maximum atomic E-state index is 13.0. The van der Waals surface area contributed by atoms with Crippen LogP contribution >= 0.6 is 22.9 Å². The summed E-state index contributed by atoms with van der Waals surface area (Å²) in [5.41, 5.74) is -6.41. The van der Waals surface area contributed by atoms with Crippen molar-refractivity contribution >= 4 is 34.0 Å². The van der Waals surface area contributed by atoms with E-state index in [-0.39, 0.29) is 34.4 Å². The molecule has 0 fully saturated rings. The maximum Gasteiger partial charge on any atom is 0.435 e. The van der Waals surface area contributed by atoms with Crippen LogP contribution in [0, 0.1) is 11.3 Å². The third kappa shape index (κ3) is 5.14. The van der Waals surface area contributed by atoms with Gasteiger partial charge in [0.15, 0.2) is 10.8 Å². The first-order valence-corrected chi connectivity index (χ1v) is 8.47. The summed E-state index contributed by atoms with van der Waals surface area (Å²) in [4.78, 5) is 15.8. The van der Waals surface area contributed by atoms with Gasteiger partial charge in [-0.3, -0.25) is 9.69 Å². The molecule has 0 radical (unpaired) electrons. The van der Waals surface area contributed by atoms with Crippen molar-refractivity contribution in [2.45, 2.75) is 18.5 Å². The Morgan fingerprint density at radius 3 is 1.87 bits per heavy atom. The van der Waals surface area contributed by atoms with Crippen LogP contribution in [0.15, 0.2) is 18.2 Å². The number of carbonyl (C=O) groups is 1. The second-order valence-electron chi connectivity index (χ2n) is 5.46. The Labute approximate surface area is 170 Å². The van der Waals surface area contributed by atoms with Crippen molar-refractivity contribution in [2.24, 2.45) is 0 Å². The van der Waals surface area contributed by atoms with Gasteiger partial charge in [-0.1, -0.05) is 22.9 Å². The van der Waals surface area contributed by atoms with E-state index in [0.29, 0.717) is 0 Å².